The summed E-state index contributed by atoms with van der Waals surface area (Å²) in [6.45, 7) is 4.06. The van der Waals surface area contributed by atoms with Crippen LogP contribution < -0.4 is 10.1 Å². The summed E-state index contributed by atoms with van der Waals surface area (Å²) in [5, 5.41) is 12.3. The summed E-state index contributed by atoms with van der Waals surface area (Å²) < 4.78 is 32.4. The van der Waals surface area contributed by atoms with Gasteiger partial charge in [0.25, 0.3) is 5.91 Å². The average molecular weight is 427 g/mol. The molecule has 0 radical (unpaired) electrons. The molecule has 2 unspecified atom stereocenters. The Labute approximate surface area is 172 Å². The summed E-state index contributed by atoms with van der Waals surface area (Å²) in [7, 11) is -2.45. The van der Waals surface area contributed by atoms with Crippen molar-refractivity contribution in [2.75, 3.05) is 20.2 Å². The van der Waals surface area contributed by atoms with Crippen molar-refractivity contribution in [2.45, 2.75) is 56.9 Å². The number of carboxylic acid groups (broad SMARTS) is 1. The molecule has 162 valence electrons. The third-order valence-corrected chi connectivity index (χ3v) is 7.47. The number of nitrogens with zero attached hydrogens (tertiary/aromatic N) is 1. The van der Waals surface area contributed by atoms with E-state index in [2.05, 4.69) is 5.32 Å². The van der Waals surface area contributed by atoms with Crippen molar-refractivity contribution in [1.82, 2.24) is 9.62 Å². The molecule has 0 heterocycles. The summed E-state index contributed by atoms with van der Waals surface area (Å²) in [6, 6.07) is 3.76. The minimum Gasteiger partial charge on any atom is -0.495 e. The Morgan fingerprint density at radius 3 is 2.41 bits per heavy atom. The van der Waals surface area contributed by atoms with Gasteiger partial charge in [-0.25, -0.2) is 8.42 Å². The maximum Gasteiger partial charge on any atom is 0.308 e. The van der Waals surface area contributed by atoms with Crippen molar-refractivity contribution in [1.29, 1.82) is 0 Å². The van der Waals surface area contributed by atoms with E-state index in [1.165, 1.54) is 29.6 Å². The summed E-state index contributed by atoms with van der Waals surface area (Å²) in [5.74, 6) is -1.89. The number of carboxylic acids is 1. The molecule has 0 spiro atoms. The molecule has 0 aliphatic heterocycles. The molecule has 1 saturated carbocycles. The van der Waals surface area contributed by atoms with Crippen molar-refractivity contribution in [2.24, 2.45) is 5.92 Å². The highest BCUT2D eigenvalue weighted by Crippen LogP contribution is 2.29. The maximum atomic E-state index is 13.0. The molecule has 0 saturated heterocycles. The lowest BCUT2D eigenvalue weighted by atomic mass is 9.94. The number of carbonyl (C=O) groups is 2. The molecule has 1 aromatic rings. The molecule has 2 rings (SSSR count). The zero-order chi connectivity index (χ0) is 21.6. The number of amides is 1. The summed E-state index contributed by atoms with van der Waals surface area (Å²) in [6.07, 6.45) is 3.70. The van der Waals surface area contributed by atoms with E-state index in [4.69, 9.17) is 4.74 Å². The minimum absolute atomic E-state index is 0.0769. The van der Waals surface area contributed by atoms with Gasteiger partial charge in [0.15, 0.2) is 0 Å². The second-order valence-corrected chi connectivity index (χ2v) is 9.02. The topological polar surface area (TPSA) is 113 Å². The van der Waals surface area contributed by atoms with E-state index in [9.17, 15) is 23.1 Å². The molecule has 2 N–H and O–H groups in total. The van der Waals surface area contributed by atoms with Crippen LogP contribution in [-0.4, -0.2) is 55.9 Å². The molecular weight excluding hydrogens is 396 g/mol. The fourth-order valence-electron chi connectivity index (χ4n) is 3.75. The van der Waals surface area contributed by atoms with Gasteiger partial charge >= 0.3 is 5.97 Å². The monoisotopic (exact) mass is 426 g/mol. The van der Waals surface area contributed by atoms with Gasteiger partial charge in [-0.2, -0.15) is 4.31 Å². The largest absolute Gasteiger partial charge is 0.495 e. The highest BCUT2D eigenvalue weighted by atomic mass is 32.2. The zero-order valence-corrected chi connectivity index (χ0v) is 18.0. The van der Waals surface area contributed by atoms with Crippen LogP contribution in [-0.2, 0) is 14.8 Å². The SMILES string of the molecule is CCN(CC)S(=O)(=O)c1cc(C(=O)NC2CCCCCC2C(=O)O)ccc1OC. The van der Waals surface area contributed by atoms with Gasteiger partial charge in [-0.3, -0.25) is 9.59 Å². The Bertz CT molecular complexity index is 835. The molecule has 1 amide bonds. The van der Waals surface area contributed by atoms with Crippen molar-refractivity contribution in [3.8, 4) is 5.75 Å². The van der Waals surface area contributed by atoms with Crippen LogP contribution in [0.3, 0.4) is 0 Å². The van der Waals surface area contributed by atoms with Gasteiger partial charge in [-0.1, -0.05) is 33.1 Å². The summed E-state index contributed by atoms with van der Waals surface area (Å²) >= 11 is 0. The van der Waals surface area contributed by atoms with Crippen LogP contribution in [0.5, 0.6) is 5.75 Å². The zero-order valence-electron chi connectivity index (χ0n) is 17.2. The number of methoxy groups -OCH3 is 1. The Hall–Kier alpha value is -2.13. The van der Waals surface area contributed by atoms with Crippen LogP contribution in [0.4, 0.5) is 0 Å². The van der Waals surface area contributed by atoms with Gasteiger partial charge in [0.2, 0.25) is 10.0 Å². The first-order valence-electron chi connectivity index (χ1n) is 9.98. The quantitative estimate of drug-likeness (QED) is 0.618. The van der Waals surface area contributed by atoms with Gasteiger partial charge < -0.3 is 15.2 Å². The molecule has 9 heteroatoms. The molecule has 1 fully saturated rings. The van der Waals surface area contributed by atoms with Gasteiger partial charge in [-0.05, 0) is 31.0 Å². The van der Waals surface area contributed by atoms with Crippen molar-refractivity contribution in [3.63, 3.8) is 0 Å². The molecule has 1 aliphatic rings. The minimum atomic E-state index is -3.83. The van der Waals surface area contributed by atoms with E-state index in [0.717, 1.165) is 19.3 Å². The lowest BCUT2D eigenvalue weighted by molar-refractivity contribution is -0.142. The molecule has 0 bridgehead atoms. The Morgan fingerprint density at radius 1 is 1.17 bits per heavy atom. The second kappa shape index (κ2) is 10.1. The van der Waals surface area contributed by atoms with E-state index in [1.54, 1.807) is 13.8 Å². The molecule has 0 aromatic heterocycles. The van der Waals surface area contributed by atoms with E-state index >= 15 is 0 Å². The highest BCUT2D eigenvalue weighted by molar-refractivity contribution is 7.89. The van der Waals surface area contributed by atoms with Crippen molar-refractivity contribution in [3.05, 3.63) is 23.8 Å². The van der Waals surface area contributed by atoms with Gasteiger partial charge in [0.1, 0.15) is 10.6 Å². The first kappa shape index (κ1) is 23.2. The number of rotatable bonds is 8. The number of benzene rings is 1. The average Bonchev–Trinajstić information content (AvgIpc) is 2.93. The lowest BCUT2D eigenvalue weighted by Gasteiger charge is -2.23. The highest BCUT2D eigenvalue weighted by Gasteiger charge is 2.32. The Morgan fingerprint density at radius 2 is 1.83 bits per heavy atom. The molecular formula is C20H30N2O6S. The van der Waals surface area contributed by atoms with Gasteiger partial charge in [0.05, 0.1) is 13.0 Å². The predicted molar refractivity (Wildman–Crippen MR) is 109 cm³/mol. The van der Waals surface area contributed by atoms with Crippen LogP contribution in [0.2, 0.25) is 0 Å². The van der Waals surface area contributed by atoms with Crippen molar-refractivity contribution >= 4 is 21.9 Å². The Kier molecular flexibility index (Phi) is 8.04. The Balaban J connectivity index is 2.35. The first-order chi connectivity index (χ1) is 13.8. The third kappa shape index (κ3) is 5.27. The smallest absolute Gasteiger partial charge is 0.308 e. The molecule has 29 heavy (non-hydrogen) atoms. The number of sulfonamides is 1. The first-order valence-corrected chi connectivity index (χ1v) is 11.4. The van der Waals surface area contributed by atoms with E-state index < -0.39 is 33.9 Å². The van der Waals surface area contributed by atoms with Crippen LogP contribution in [0.1, 0.15) is 56.3 Å². The fraction of sp³-hybridized carbons (Fsp3) is 0.600. The molecule has 1 aliphatic carbocycles. The predicted octanol–water partition coefficient (Wildman–Crippen LogP) is 2.49. The van der Waals surface area contributed by atoms with Crippen LogP contribution in [0.15, 0.2) is 23.1 Å². The standard InChI is InChI=1S/C20H30N2O6S/c1-4-22(5-2)29(26,27)18-13-14(11-12-17(18)28-3)19(23)21-16-10-8-6-7-9-15(16)20(24)25/h11-13,15-16H,4-10H2,1-3H3,(H,21,23)(H,24,25). The van der Waals surface area contributed by atoms with E-state index in [1.807, 2.05) is 0 Å². The maximum absolute atomic E-state index is 13.0. The van der Waals surface area contributed by atoms with Crippen LogP contribution in [0.25, 0.3) is 0 Å². The number of nitrogens with one attached hydrogen (secondary N) is 1. The van der Waals surface area contributed by atoms with Crippen LogP contribution >= 0.6 is 0 Å². The number of aliphatic carboxylic acids is 1. The molecule has 8 nitrogen and oxygen atoms in total. The van der Waals surface area contributed by atoms with Gasteiger partial charge in [0, 0.05) is 24.7 Å². The second-order valence-electron chi connectivity index (χ2n) is 7.12. The van der Waals surface area contributed by atoms with E-state index in [0.29, 0.717) is 25.9 Å². The number of hydrogen-bond donors (Lipinski definition) is 2. The third-order valence-electron chi connectivity index (χ3n) is 5.40. The van der Waals surface area contributed by atoms with Gasteiger partial charge in [-0.15, -0.1) is 0 Å². The fourth-order valence-corrected chi connectivity index (χ4v) is 5.39. The summed E-state index contributed by atoms with van der Waals surface area (Å²) in [4.78, 5) is 24.3. The molecule has 1 aromatic carbocycles. The van der Waals surface area contributed by atoms with Crippen molar-refractivity contribution < 1.29 is 27.9 Å². The normalized spacial score (nSPS) is 20.1. The van der Waals surface area contributed by atoms with E-state index in [-0.39, 0.29) is 16.2 Å². The summed E-state index contributed by atoms with van der Waals surface area (Å²) in [5.41, 5.74) is 0.157. The molecule has 2 atom stereocenters. The number of hydrogen-bond acceptors (Lipinski definition) is 5. The number of ether oxygens (including phenoxy) is 1. The lowest BCUT2D eigenvalue weighted by Crippen LogP contribution is -2.42. The number of carbonyl (C=O) groups excluding carboxylic acids is 1. The van der Waals surface area contributed by atoms with Crippen LogP contribution in [0, 0.1) is 5.92 Å².